The number of benzene rings is 2. The quantitative estimate of drug-likeness (QED) is 0.770. The topological polar surface area (TPSA) is 58.2 Å². The maximum atomic E-state index is 13.0. The number of hydrogen-bond acceptors (Lipinski definition) is 2. The van der Waals surface area contributed by atoms with Gasteiger partial charge in [0, 0.05) is 35.4 Å². The molecule has 0 radical (unpaired) electrons. The van der Waals surface area contributed by atoms with Crippen LogP contribution >= 0.6 is 0 Å². The summed E-state index contributed by atoms with van der Waals surface area (Å²) < 4.78 is 25.0. The number of hydrogen-bond donors (Lipinski definition) is 2. The predicted octanol–water partition coefficient (Wildman–Crippen LogP) is 2.62. The number of amides is 2. The third kappa shape index (κ3) is 6.91. The smallest absolute Gasteiger partial charge is 0.314 e. The Morgan fingerprint density at radius 2 is 1.67 bits per heavy atom. The average Bonchev–Trinajstić information content (AvgIpc) is 2.56. The van der Waals surface area contributed by atoms with Crippen LogP contribution < -0.4 is 10.6 Å². The zero-order valence-corrected chi connectivity index (χ0v) is 14.2. The van der Waals surface area contributed by atoms with Crippen LogP contribution in [0.2, 0.25) is 0 Å². The maximum Gasteiger partial charge on any atom is 0.314 e. The highest BCUT2D eigenvalue weighted by Gasteiger charge is 2.04. The lowest BCUT2D eigenvalue weighted by Gasteiger charge is -2.08. The van der Waals surface area contributed by atoms with Gasteiger partial charge in [-0.2, -0.15) is 0 Å². The standard InChI is InChI=1S/C18H21FN2O2S/c19-17-8-4-7-15(13-17)9-10-20-18(22)21-11-12-24(23)14-16-5-2-1-3-6-16/h1-8,13H,9-12,14H2,(H2,20,21,22)/t24-/m0/s1. The van der Waals surface area contributed by atoms with Crippen LogP contribution in [0, 0.1) is 5.82 Å². The summed E-state index contributed by atoms with van der Waals surface area (Å²) in [5, 5.41) is 5.38. The Labute approximate surface area is 143 Å². The minimum Gasteiger partial charge on any atom is -0.338 e. The van der Waals surface area contributed by atoms with E-state index >= 15 is 0 Å². The molecule has 0 aromatic heterocycles. The molecule has 0 fully saturated rings. The van der Waals surface area contributed by atoms with Crippen molar-refractivity contribution in [2.45, 2.75) is 12.2 Å². The first-order chi connectivity index (χ1) is 11.6. The molecule has 0 saturated heterocycles. The number of carbonyl (C=O) groups excluding carboxylic acids is 1. The normalized spacial score (nSPS) is 11.7. The zero-order chi connectivity index (χ0) is 17.2. The fraction of sp³-hybridized carbons (Fsp3) is 0.278. The molecule has 2 rings (SSSR count). The lowest BCUT2D eigenvalue weighted by molar-refractivity contribution is 0.241. The van der Waals surface area contributed by atoms with Crippen LogP contribution in [0.15, 0.2) is 54.6 Å². The molecule has 0 bridgehead atoms. The number of halogens is 1. The van der Waals surface area contributed by atoms with E-state index in [9.17, 15) is 13.4 Å². The molecular formula is C18H21FN2O2S. The molecule has 0 saturated carbocycles. The largest absolute Gasteiger partial charge is 0.338 e. The molecule has 2 aromatic carbocycles. The van der Waals surface area contributed by atoms with Gasteiger partial charge in [0.05, 0.1) is 0 Å². The average molecular weight is 348 g/mol. The summed E-state index contributed by atoms with van der Waals surface area (Å²) in [6, 6.07) is 15.6. The van der Waals surface area contributed by atoms with E-state index in [0.29, 0.717) is 31.0 Å². The molecule has 128 valence electrons. The highest BCUT2D eigenvalue weighted by atomic mass is 32.2. The van der Waals surface area contributed by atoms with Gasteiger partial charge in [0.25, 0.3) is 0 Å². The van der Waals surface area contributed by atoms with Crippen LogP contribution in [0.25, 0.3) is 0 Å². The first-order valence-electron chi connectivity index (χ1n) is 7.78. The van der Waals surface area contributed by atoms with E-state index in [-0.39, 0.29) is 11.8 Å². The van der Waals surface area contributed by atoms with E-state index < -0.39 is 10.8 Å². The molecule has 6 heteroatoms. The van der Waals surface area contributed by atoms with Gasteiger partial charge >= 0.3 is 6.03 Å². The van der Waals surface area contributed by atoms with E-state index in [2.05, 4.69) is 10.6 Å². The summed E-state index contributed by atoms with van der Waals surface area (Å²) in [5.41, 5.74) is 1.86. The number of urea groups is 1. The molecule has 0 heterocycles. The second-order valence-electron chi connectivity index (χ2n) is 5.34. The minimum absolute atomic E-state index is 0.280. The van der Waals surface area contributed by atoms with E-state index in [4.69, 9.17) is 0 Å². The molecule has 0 aliphatic carbocycles. The number of nitrogens with one attached hydrogen (secondary N) is 2. The van der Waals surface area contributed by atoms with Crippen molar-refractivity contribution in [2.75, 3.05) is 18.8 Å². The second-order valence-corrected chi connectivity index (χ2v) is 6.91. The Morgan fingerprint density at radius 1 is 0.958 bits per heavy atom. The summed E-state index contributed by atoms with van der Waals surface area (Å²) in [4.78, 5) is 11.6. The van der Waals surface area contributed by atoms with Crippen LogP contribution in [0.5, 0.6) is 0 Å². The van der Waals surface area contributed by atoms with Gasteiger partial charge in [-0.25, -0.2) is 9.18 Å². The molecular weight excluding hydrogens is 327 g/mol. The fourth-order valence-corrected chi connectivity index (χ4v) is 3.22. The van der Waals surface area contributed by atoms with Gasteiger partial charge in [-0.3, -0.25) is 4.21 Å². The van der Waals surface area contributed by atoms with Crippen LogP contribution in [0.3, 0.4) is 0 Å². The van der Waals surface area contributed by atoms with E-state index in [1.807, 2.05) is 36.4 Å². The monoisotopic (exact) mass is 348 g/mol. The summed E-state index contributed by atoms with van der Waals surface area (Å²) in [6.45, 7) is 0.771. The van der Waals surface area contributed by atoms with Gasteiger partial charge in [-0.05, 0) is 29.7 Å². The minimum atomic E-state index is -1.01. The predicted molar refractivity (Wildman–Crippen MR) is 94.7 cm³/mol. The van der Waals surface area contributed by atoms with Crippen molar-refractivity contribution in [3.05, 3.63) is 71.5 Å². The fourth-order valence-electron chi connectivity index (χ4n) is 2.19. The van der Waals surface area contributed by atoms with Crippen LogP contribution in [-0.4, -0.2) is 29.1 Å². The lowest BCUT2D eigenvalue weighted by atomic mass is 10.1. The summed E-state index contributed by atoms with van der Waals surface area (Å²) in [7, 11) is -1.01. The summed E-state index contributed by atoms with van der Waals surface area (Å²) in [6.07, 6.45) is 0.561. The van der Waals surface area contributed by atoms with Crippen molar-refractivity contribution in [1.29, 1.82) is 0 Å². The highest BCUT2D eigenvalue weighted by molar-refractivity contribution is 7.84. The van der Waals surface area contributed by atoms with E-state index in [1.165, 1.54) is 12.1 Å². The van der Waals surface area contributed by atoms with Crippen molar-refractivity contribution in [1.82, 2.24) is 10.6 Å². The maximum absolute atomic E-state index is 13.0. The molecule has 4 nitrogen and oxygen atoms in total. The number of carbonyl (C=O) groups is 1. The van der Waals surface area contributed by atoms with Gasteiger partial charge in [0.15, 0.2) is 0 Å². The van der Waals surface area contributed by atoms with Crippen molar-refractivity contribution in [3.63, 3.8) is 0 Å². The SMILES string of the molecule is O=C(NCCc1cccc(F)c1)NCC[S@](=O)Cc1ccccc1. The van der Waals surface area contributed by atoms with Gasteiger partial charge < -0.3 is 10.6 Å². The lowest BCUT2D eigenvalue weighted by Crippen LogP contribution is -2.38. The molecule has 2 aromatic rings. The van der Waals surface area contributed by atoms with Crippen LogP contribution in [0.4, 0.5) is 9.18 Å². The van der Waals surface area contributed by atoms with E-state index in [1.54, 1.807) is 6.07 Å². The Bertz CT molecular complexity index is 680. The number of rotatable bonds is 8. The molecule has 0 spiro atoms. The molecule has 0 aliphatic rings. The first-order valence-corrected chi connectivity index (χ1v) is 9.27. The van der Waals surface area contributed by atoms with Crippen molar-refractivity contribution in [2.24, 2.45) is 0 Å². The van der Waals surface area contributed by atoms with Crippen molar-refractivity contribution < 1.29 is 13.4 Å². The van der Waals surface area contributed by atoms with Crippen molar-refractivity contribution >= 4 is 16.8 Å². The highest BCUT2D eigenvalue weighted by Crippen LogP contribution is 2.04. The molecule has 2 N–H and O–H groups in total. The second kappa shape index (κ2) is 9.82. The Kier molecular flexibility index (Phi) is 7.42. The van der Waals surface area contributed by atoms with Crippen molar-refractivity contribution in [3.8, 4) is 0 Å². The third-order valence-corrected chi connectivity index (χ3v) is 4.69. The third-order valence-electron chi connectivity index (χ3n) is 3.37. The first kappa shape index (κ1) is 18.1. The molecule has 0 aliphatic heterocycles. The van der Waals surface area contributed by atoms with Gasteiger partial charge in [-0.1, -0.05) is 42.5 Å². The zero-order valence-electron chi connectivity index (χ0n) is 13.3. The molecule has 2 amide bonds. The van der Waals surface area contributed by atoms with Crippen LogP contribution in [0.1, 0.15) is 11.1 Å². The Hall–Kier alpha value is -2.21. The summed E-state index contributed by atoms with van der Waals surface area (Å²) in [5.74, 6) is 0.619. The van der Waals surface area contributed by atoms with Gasteiger partial charge in [0.1, 0.15) is 5.82 Å². The summed E-state index contributed by atoms with van der Waals surface area (Å²) >= 11 is 0. The van der Waals surface area contributed by atoms with Gasteiger partial charge in [-0.15, -0.1) is 0 Å². The van der Waals surface area contributed by atoms with E-state index in [0.717, 1.165) is 11.1 Å². The Morgan fingerprint density at radius 3 is 2.42 bits per heavy atom. The van der Waals surface area contributed by atoms with Gasteiger partial charge in [0.2, 0.25) is 0 Å². The Balaban J connectivity index is 1.58. The molecule has 24 heavy (non-hydrogen) atoms. The van der Waals surface area contributed by atoms with Crippen LogP contribution in [-0.2, 0) is 23.0 Å². The molecule has 1 atom stereocenters. The molecule has 0 unspecified atom stereocenters.